The highest BCUT2D eigenvalue weighted by Crippen LogP contribution is 2.41. The number of carbonyl (C=O) groups is 1. The lowest BCUT2D eigenvalue weighted by atomic mass is 9.81. The molecule has 0 saturated heterocycles. The summed E-state index contributed by atoms with van der Waals surface area (Å²) in [4.78, 5) is 12.3. The van der Waals surface area contributed by atoms with Crippen LogP contribution in [0.5, 0.6) is 0 Å². The zero-order chi connectivity index (χ0) is 17.1. The molecule has 0 amide bonds. The van der Waals surface area contributed by atoms with Gasteiger partial charge >= 0.3 is 5.97 Å². The Morgan fingerprint density at radius 3 is 2.61 bits per heavy atom. The molecule has 1 unspecified atom stereocenters. The van der Waals surface area contributed by atoms with E-state index in [4.69, 9.17) is 21.1 Å². The fraction of sp³-hybridized carbons (Fsp3) is 0.353. The van der Waals surface area contributed by atoms with Gasteiger partial charge in [-0.05, 0) is 37.1 Å². The zero-order valence-electron chi connectivity index (χ0n) is 13.5. The van der Waals surface area contributed by atoms with Gasteiger partial charge in [0.1, 0.15) is 5.82 Å². The van der Waals surface area contributed by atoms with Crippen LogP contribution in [0.4, 0.5) is 4.39 Å². The molecule has 0 aliphatic carbocycles. The van der Waals surface area contributed by atoms with Crippen molar-refractivity contribution >= 4 is 17.6 Å². The van der Waals surface area contributed by atoms with E-state index in [0.717, 1.165) is 11.3 Å². The molecular weight excluding hydrogens is 321 g/mol. The second kappa shape index (κ2) is 7.15. The van der Waals surface area contributed by atoms with E-state index in [-0.39, 0.29) is 5.02 Å². The highest BCUT2D eigenvalue weighted by molar-refractivity contribution is 6.31. The Labute approximate surface area is 139 Å². The van der Waals surface area contributed by atoms with Crippen molar-refractivity contribution in [2.75, 3.05) is 20.8 Å². The van der Waals surface area contributed by atoms with Crippen molar-refractivity contribution in [3.8, 4) is 0 Å². The van der Waals surface area contributed by atoms with Gasteiger partial charge in [-0.2, -0.15) is 0 Å². The summed E-state index contributed by atoms with van der Waals surface area (Å²) in [7, 11) is 2.92. The molecule has 23 heavy (non-hydrogen) atoms. The molecule has 6 heteroatoms. The quantitative estimate of drug-likeness (QED) is 0.852. The maximum absolute atomic E-state index is 13.4. The Bertz CT molecular complexity index is 697. The smallest absolute Gasteiger partial charge is 0.336 e. The number of halogens is 2. The Morgan fingerprint density at radius 1 is 1.35 bits per heavy atom. The Morgan fingerprint density at radius 2 is 2.04 bits per heavy atom. The van der Waals surface area contributed by atoms with Gasteiger partial charge in [0, 0.05) is 29.4 Å². The van der Waals surface area contributed by atoms with E-state index >= 15 is 0 Å². The van der Waals surface area contributed by atoms with Gasteiger partial charge in [0.25, 0.3) is 0 Å². The monoisotopic (exact) mass is 339 g/mol. The SMILES string of the molecule is COCC1=C(C)C(c2ccc(F)cc2Cl)C(C(=O)OC)=C(C)N1. The lowest BCUT2D eigenvalue weighted by Crippen LogP contribution is -2.30. The van der Waals surface area contributed by atoms with E-state index < -0.39 is 17.7 Å². The van der Waals surface area contributed by atoms with Crippen molar-refractivity contribution in [2.45, 2.75) is 19.8 Å². The number of hydrogen-bond donors (Lipinski definition) is 1. The first-order valence-corrected chi connectivity index (χ1v) is 7.48. The molecule has 0 bridgehead atoms. The van der Waals surface area contributed by atoms with Gasteiger partial charge in [-0.25, -0.2) is 9.18 Å². The first kappa shape index (κ1) is 17.5. The fourth-order valence-electron chi connectivity index (χ4n) is 2.80. The summed E-state index contributed by atoms with van der Waals surface area (Å²) in [6.07, 6.45) is 0. The van der Waals surface area contributed by atoms with Crippen LogP contribution in [0.25, 0.3) is 0 Å². The van der Waals surface area contributed by atoms with E-state index in [1.54, 1.807) is 20.1 Å². The average molecular weight is 340 g/mol. The zero-order valence-corrected chi connectivity index (χ0v) is 14.3. The molecule has 1 aromatic carbocycles. The molecule has 0 radical (unpaired) electrons. The molecule has 0 fully saturated rings. The predicted molar refractivity (Wildman–Crippen MR) is 86.6 cm³/mol. The summed E-state index contributed by atoms with van der Waals surface area (Å²) >= 11 is 6.22. The summed E-state index contributed by atoms with van der Waals surface area (Å²) in [5, 5.41) is 3.45. The van der Waals surface area contributed by atoms with Crippen LogP contribution in [0.2, 0.25) is 5.02 Å². The summed E-state index contributed by atoms with van der Waals surface area (Å²) in [5.74, 6) is -1.29. The van der Waals surface area contributed by atoms with E-state index in [0.29, 0.717) is 23.4 Å². The van der Waals surface area contributed by atoms with E-state index in [1.165, 1.54) is 19.2 Å². The maximum Gasteiger partial charge on any atom is 0.336 e. The third kappa shape index (κ3) is 3.41. The standard InChI is InChI=1S/C17H19ClFNO3/c1-9-14(8-22-3)20-10(2)16(17(21)23-4)15(9)12-6-5-11(19)7-13(12)18/h5-7,15,20H,8H2,1-4H3. The summed E-state index contributed by atoms with van der Waals surface area (Å²) in [5.41, 5.74) is 3.51. The number of methoxy groups -OCH3 is 2. The predicted octanol–water partition coefficient (Wildman–Crippen LogP) is 3.53. The van der Waals surface area contributed by atoms with Crippen molar-refractivity contribution in [3.63, 3.8) is 0 Å². The highest BCUT2D eigenvalue weighted by Gasteiger charge is 2.33. The minimum absolute atomic E-state index is 0.266. The van der Waals surface area contributed by atoms with Gasteiger partial charge < -0.3 is 14.8 Å². The Hall–Kier alpha value is -1.85. The molecule has 1 heterocycles. The topological polar surface area (TPSA) is 47.6 Å². The normalized spacial score (nSPS) is 18.1. The van der Waals surface area contributed by atoms with Gasteiger partial charge in [-0.15, -0.1) is 0 Å². The van der Waals surface area contributed by atoms with Crippen molar-refractivity contribution in [2.24, 2.45) is 0 Å². The second-order valence-corrected chi connectivity index (χ2v) is 5.76. The number of nitrogens with one attached hydrogen (secondary N) is 1. The molecule has 1 N–H and O–H groups in total. The molecule has 1 atom stereocenters. The summed E-state index contributed by atoms with van der Waals surface area (Å²) < 4.78 is 23.5. The van der Waals surface area contributed by atoms with Gasteiger partial charge in [0.2, 0.25) is 0 Å². The van der Waals surface area contributed by atoms with Crippen molar-refractivity contribution in [1.82, 2.24) is 5.32 Å². The molecule has 1 aromatic rings. The van der Waals surface area contributed by atoms with Crippen molar-refractivity contribution in [1.29, 1.82) is 0 Å². The maximum atomic E-state index is 13.4. The number of carbonyl (C=O) groups excluding carboxylic acids is 1. The third-order valence-corrected chi connectivity index (χ3v) is 4.23. The van der Waals surface area contributed by atoms with Crippen molar-refractivity contribution < 1.29 is 18.7 Å². The van der Waals surface area contributed by atoms with Crippen LogP contribution in [0, 0.1) is 5.82 Å². The number of dihydropyridines is 1. The lowest BCUT2D eigenvalue weighted by molar-refractivity contribution is -0.136. The van der Waals surface area contributed by atoms with Crippen LogP contribution in [0.1, 0.15) is 25.3 Å². The number of rotatable bonds is 4. The highest BCUT2D eigenvalue weighted by atomic mass is 35.5. The molecule has 0 aromatic heterocycles. The van der Waals surface area contributed by atoms with Crippen LogP contribution < -0.4 is 5.32 Å². The minimum atomic E-state index is -0.448. The fourth-order valence-corrected chi connectivity index (χ4v) is 3.08. The van der Waals surface area contributed by atoms with Crippen molar-refractivity contribution in [3.05, 3.63) is 57.1 Å². The molecule has 2 rings (SSSR count). The number of benzene rings is 1. The molecule has 1 aliphatic rings. The molecular formula is C17H19ClFNO3. The molecule has 124 valence electrons. The second-order valence-electron chi connectivity index (χ2n) is 5.35. The molecule has 1 aliphatic heterocycles. The van der Waals surface area contributed by atoms with Crippen LogP contribution >= 0.6 is 11.6 Å². The average Bonchev–Trinajstić information content (AvgIpc) is 2.50. The van der Waals surface area contributed by atoms with Gasteiger partial charge in [0.15, 0.2) is 0 Å². The number of esters is 1. The first-order chi connectivity index (χ1) is 10.9. The molecule has 0 saturated carbocycles. The van der Waals surface area contributed by atoms with Crippen LogP contribution in [0.15, 0.2) is 40.7 Å². The number of allylic oxidation sites excluding steroid dienone is 2. The Kier molecular flexibility index (Phi) is 5.44. The van der Waals surface area contributed by atoms with Gasteiger partial charge in [-0.1, -0.05) is 17.7 Å². The number of hydrogen-bond acceptors (Lipinski definition) is 4. The summed E-state index contributed by atoms with van der Waals surface area (Å²) in [6.45, 7) is 4.05. The van der Waals surface area contributed by atoms with Crippen LogP contribution in [-0.2, 0) is 14.3 Å². The minimum Gasteiger partial charge on any atom is -0.466 e. The van der Waals surface area contributed by atoms with Crippen LogP contribution in [0.3, 0.4) is 0 Å². The lowest BCUT2D eigenvalue weighted by Gasteiger charge is -2.31. The molecule has 0 spiro atoms. The van der Waals surface area contributed by atoms with E-state index in [9.17, 15) is 9.18 Å². The van der Waals surface area contributed by atoms with E-state index in [2.05, 4.69) is 5.32 Å². The largest absolute Gasteiger partial charge is 0.466 e. The first-order valence-electron chi connectivity index (χ1n) is 7.10. The van der Waals surface area contributed by atoms with Crippen LogP contribution in [-0.4, -0.2) is 26.8 Å². The third-order valence-electron chi connectivity index (χ3n) is 3.91. The number of ether oxygens (including phenoxy) is 2. The summed E-state index contributed by atoms with van der Waals surface area (Å²) in [6, 6.07) is 4.17. The van der Waals surface area contributed by atoms with E-state index in [1.807, 2.05) is 6.92 Å². The van der Waals surface area contributed by atoms with Gasteiger partial charge in [-0.3, -0.25) is 0 Å². The molecule has 4 nitrogen and oxygen atoms in total. The van der Waals surface area contributed by atoms with Gasteiger partial charge in [0.05, 0.1) is 19.3 Å². The Balaban J connectivity index is 2.63.